The molecular formula is C12H9N3. The first-order valence-electron chi connectivity index (χ1n) is 4.74. The van der Waals surface area contributed by atoms with E-state index < -0.39 is 0 Å². The van der Waals surface area contributed by atoms with Crippen LogP contribution in [0.2, 0.25) is 0 Å². The molecule has 0 radical (unpaired) electrons. The van der Waals surface area contributed by atoms with Crippen LogP contribution in [0.15, 0.2) is 24.8 Å². The molecule has 0 aromatic carbocycles. The maximum Gasteiger partial charge on any atom is 0.116 e. The Morgan fingerprint density at radius 2 is 2.07 bits per heavy atom. The van der Waals surface area contributed by atoms with E-state index in [0.29, 0.717) is 0 Å². The van der Waals surface area contributed by atoms with Gasteiger partial charge in [-0.1, -0.05) is 6.58 Å². The molecule has 0 fully saturated rings. The predicted octanol–water partition coefficient (Wildman–Crippen LogP) is 0.481. The zero-order chi connectivity index (χ0) is 10.4. The summed E-state index contributed by atoms with van der Waals surface area (Å²) in [4.78, 5) is 12.7. The molecule has 0 bridgehead atoms. The zero-order valence-corrected chi connectivity index (χ0v) is 8.36. The largest absolute Gasteiger partial charge is 0.254 e. The van der Waals surface area contributed by atoms with Crippen LogP contribution in [0.5, 0.6) is 0 Å². The third-order valence-corrected chi connectivity index (χ3v) is 2.75. The molecule has 1 aliphatic carbocycles. The first-order chi connectivity index (χ1) is 7.29. The van der Waals surface area contributed by atoms with Gasteiger partial charge in [0.1, 0.15) is 12.0 Å². The van der Waals surface area contributed by atoms with Gasteiger partial charge in [-0.2, -0.15) is 0 Å². The van der Waals surface area contributed by atoms with Crippen molar-refractivity contribution in [2.75, 3.05) is 0 Å². The zero-order valence-electron chi connectivity index (χ0n) is 8.36. The van der Waals surface area contributed by atoms with Crippen LogP contribution < -0.4 is 10.4 Å². The van der Waals surface area contributed by atoms with Crippen LogP contribution in [-0.2, 0) is 0 Å². The molecule has 3 heteroatoms. The van der Waals surface area contributed by atoms with Crippen molar-refractivity contribution in [1.29, 1.82) is 0 Å². The van der Waals surface area contributed by atoms with Crippen molar-refractivity contribution in [3.05, 3.63) is 40.8 Å². The van der Waals surface area contributed by atoms with Gasteiger partial charge in [0, 0.05) is 23.2 Å². The Kier molecular flexibility index (Phi) is 1.51. The topological polar surface area (TPSA) is 38.7 Å². The Balaban J connectivity index is 2.58. The maximum absolute atomic E-state index is 4.36. The summed E-state index contributed by atoms with van der Waals surface area (Å²) >= 11 is 0. The van der Waals surface area contributed by atoms with Crippen molar-refractivity contribution in [1.82, 2.24) is 15.0 Å². The number of nitrogens with zero attached hydrogens (tertiary/aromatic N) is 3. The van der Waals surface area contributed by atoms with Crippen molar-refractivity contribution in [3.8, 4) is 11.4 Å². The summed E-state index contributed by atoms with van der Waals surface area (Å²) in [7, 11) is 0. The number of fused-ring (bicyclic) bond motifs is 3. The van der Waals surface area contributed by atoms with Gasteiger partial charge in [0.25, 0.3) is 0 Å². The van der Waals surface area contributed by atoms with Crippen LogP contribution in [-0.4, -0.2) is 15.0 Å². The lowest BCUT2D eigenvalue weighted by Gasteiger charge is -1.97. The number of aromatic nitrogens is 3. The van der Waals surface area contributed by atoms with E-state index in [9.17, 15) is 0 Å². The van der Waals surface area contributed by atoms with E-state index in [1.54, 1.807) is 12.5 Å². The molecule has 0 spiro atoms. The quantitative estimate of drug-likeness (QED) is 0.613. The average molecular weight is 195 g/mol. The summed E-state index contributed by atoms with van der Waals surface area (Å²) in [6.45, 7) is 6.08. The third kappa shape index (κ3) is 0.973. The van der Waals surface area contributed by atoms with Gasteiger partial charge in [0.05, 0.1) is 5.69 Å². The molecule has 0 amide bonds. The Labute approximate surface area is 86.9 Å². The summed E-state index contributed by atoms with van der Waals surface area (Å²) in [5.74, 6) is 0. The smallest absolute Gasteiger partial charge is 0.116 e. The van der Waals surface area contributed by atoms with Gasteiger partial charge in [0.15, 0.2) is 0 Å². The van der Waals surface area contributed by atoms with Crippen molar-refractivity contribution >= 4 is 12.2 Å². The van der Waals surface area contributed by atoms with Crippen LogP contribution in [0, 0.1) is 0 Å². The lowest BCUT2D eigenvalue weighted by molar-refractivity contribution is 1.15. The Morgan fingerprint density at radius 1 is 1.20 bits per heavy atom. The first kappa shape index (κ1) is 8.29. The second-order valence-electron chi connectivity index (χ2n) is 3.60. The predicted molar refractivity (Wildman–Crippen MR) is 58.2 cm³/mol. The summed E-state index contributed by atoms with van der Waals surface area (Å²) in [5, 5.41) is 2.10. The van der Waals surface area contributed by atoms with Gasteiger partial charge in [-0.3, -0.25) is 4.98 Å². The molecule has 0 unspecified atom stereocenters. The molecule has 3 rings (SSSR count). The molecule has 2 aromatic heterocycles. The van der Waals surface area contributed by atoms with Crippen LogP contribution in [0.25, 0.3) is 23.5 Å². The summed E-state index contributed by atoms with van der Waals surface area (Å²) < 4.78 is 0. The van der Waals surface area contributed by atoms with Gasteiger partial charge < -0.3 is 0 Å². The molecule has 15 heavy (non-hydrogen) atoms. The van der Waals surface area contributed by atoms with Gasteiger partial charge in [-0.15, -0.1) is 0 Å². The molecule has 0 aliphatic heterocycles. The fraction of sp³-hybridized carbons (Fsp3) is 0.0833. The SMILES string of the molecule is C=c1ccnc2c1=C(C)c1cncnc1-2. The molecule has 2 heterocycles. The van der Waals surface area contributed by atoms with E-state index >= 15 is 0 Å². The number of hydrogen-bond donors (Lipinski definition) is 0. The van der Waals surface area contributed by atoms with Crippen molar-refractivity contribution in [2.45, 2.75) is 6.92 Å². The Hall–Kier alpha value is -2.03. The highest BCUT2D eigenvalue weighted by Crippen LogP contribution is 2.25. The van der Waals surface area contributed by atoms with Crippen LogP contribution in [0.4, 0.5) is 0 Å². The lowest BCUT2D eigenvalue weighted by Crippen LogP contribution is -2.25. The highest BCUT2D eigenvalue weighted by molar-refractivity contribution is 5.84. The van der Waals surface area contributed by atoms with Crippen molar-refractivity contribution in [2.24, 2.45) is 0 Å². The number of rotatable bonds is 0. The fourth-order valence-electron chi connectivity index (χ4n) is 2.03. The number of pyridine rings is 1. The molecule has 0 atom stereocenters. The minimum atomic E-state index is 0.919. The second kappa shape index (κ2) is 2.73. The van der Waals surface area contributed by atoms with Crippen molar-refractivity contribution < 1.29 is 0 Å². The average Bonchev–Trinajstić information content (AvgIpc) is 2.55. The standard InChI is InChI=1S/C12H9N3/c1-7-3-4-14-12-10(7)8(2)9-5-13-6-15-11(9)12/h3-6H,1H2,2H3. The Bertz CT molecular complexity index is 659. The maximum atomic E-state index is 4.36. The van der Waals surface area contributed by atoms with E-state index in [1.165, 1.54) is 5.57 Å². The third-order valence-electron chi connectivity index (χ3n) is 2.75. The van der Waals surface area contributed by atoms with Gasteiger partial charge >= 0.3 is 0 Å². The molecule has 3 nitrogen and oxygen atoms in total. The van der Waals surface area contributed by atoms with E-state index in [0.717, 1.165) is 27.4 Å². The Morgan fingerprint density at radius 3 is 2.93 bits per heavy atom. The highest BCUT2D eigenvalue weighted by Gasteiger charge is 2.19. The second-order valence-corrected chi connectivity index (χ2v) is 3.60. The van der Waals surface area contributed by atoms with E-state index in [-0.39, 0.29) is 0 Å². The minimum Gasteiger partial charge on any atom is -0.254 e. The highest BCUT2D eigenvalue weighted by atomic mass is 14.9. The normalized spacial score (nSPS) is 12.5. The molecule has 1 aliphatic rings. The van der Waals surface area contributed by atoms with Gasteiger partial charge in [-0.05, 0) is 23.8 Å². The monoisotopic (exact) mass is 195 g/mol. The van der Waals surface area contributed by atoms with Gasteiger partial charge in [0.2, 0.25) is 0 Å². The van der Waals surface area contributed by atoms with Crippen LogP contribution in [0.3, 0.4) is 0 Å². The van der Waals surface area contributed by atoms with Crippen LogP contribution in [0.1, 0.15) is 12.5 Å². The lowest BCUT2D eigenvalue weighted by atomic mass is 10.1. The molecule has 72 valence electrons. The van der Waals surface area contributed by atoms with Crippen LogP contribution >= 0.6 is 0 Å². The molecule has 0 N–H and O–H groups in total. The first-order valence-corrected chi connectivity index (χ1v) is 4.74. The molecule has 2 aromatic rings. The molecule has 0 saturated heterocycles. The van der Waals surface area contributed by atoms with Crippen molar-refractivity contribution in [3.63, 3.8) is 0 Å². The van der Waals surface area contributed by atoms with Gasteiger partial charge in [-0.25, -0.2) is 9.97 Å². The fourth-order valence-corrected chi connectivity index (χ4v) is 2.03. The summed E-state index contributed by atoms with van der Waals surface area (Å²) in [6.07, 6.45) is 5.16. The summed E-state index contributed by atoms with van der Waals surface area (Å²) in [6, 6.07) is 1.92. The number of hydrogen-bond acceptors (Lipinski definition) is 3. The van der Waals surface area contributed by atoms with E-state index in [2.05, 4.69) is 28.5 Å². The van der Waals surface area contributed by atoms with E-state index in [4.69, 9.17) is 0 Å². The molecular weight excluding hydrogens is 186 g/mol. The van der Waals surface area contributed by atoms with E-state index in [1.807, 2.05) is 12.3 Å². The summed E-state index contributed by atoms with van der Waals surface area (Å²) in [5.41, 5.74) is 4.08. The minimum absolute atomic E-state index is 0.919. The molecule has 0 saturated carbocycles.